The highest BCUT2D eigenvalue weighted by atomic mass is 16.2. The maximum absolute atomic E-state index is 13.6. The molecule has 5 rings (SSSR count). The Morgan fingerprint density at radius 2 is 1.84 bits per heavy atom. The number of pyridine rings is 1. The standard InChI is InChI=1S/C26H27N3O2/c1-15-7-12-22-20(13-15)24(19-5-3-4-6-21(19)28-22)26(31)29-23-14-17(9-8-16(23)2)25(30)27-18-10-11-18/h3-6,8-9,14-15,18H,7,10-13H2,1-2H3,(H,27,30)(H,29,31). The first kappa shape index (κ1) is 19.7. The minimum atomic E-state index is -0.133. The molecule has 1 heterocycles. The van der Waals surface area contributed by atoms with E-state index in [-0.39, 0.29) is 11.8 Å². The number of fused-ring (bicyclic) bond motifs is 2. The van der Waals surface area contributed by atoms with Gasteiger partial charge < -0.3 is 10.6 Å². The third-order valence-corrected chi connectivity index (χ3v) is 6.39. The van der Waals surface area contributed by atoms with E-state index in [1.165, 1.54) is 0 Å². The van der Waals surface area contributed by atoms with E-state index in [0.29, 0.717) is 23.2 Å². The Labute approximate surface area is 182 Å². The summed E-state index contributed by atoms with van der Waals surface area (Å²) in [6.45, 7) is 4.17. The van der Waals surface area contributed by atoms with Gasteiger partial charge in [-0.1, -0.05) is 31.2 Å². The van der Waals surface area contributed by atoms with E-state index >= 15 is 0 Å². The van der Waals surface area contributed by atoms with Crippen LogP contribution < -0.4 is 10.6 Å². The molecule has 0 radical (unpaired) electrons. The van der Waals surface area contributed by atoms with Crippen LogP contribution in [0.5, 0.6) is 0 Å². The van der Waals surface area contributed by atoms with Gasteiger partial charge in [-0.25, -0.2) is 0 Å². The van der Waals surface area contributed by atoms with Gasteiger partial charge in [0, 0.05) is 28.4 Å². The van der Waals surface area contributed by atoms with Crippen LogP contribution in [-0.2, 0) is 12.8 Å². The van der Waals surface area contributed by atoms with Crippen LogP contribution >= 0.6 is 0 Å². The second-order valence-electron chi connectivity index (χ2n) is 9.01. The molecule has 1 unspecified atom stereocenters. The van der Waals surface area contributed by atoms with Gasteiger partial charge in [-0.3, -0.25) is 14.6 Å². The highest BCUT2D eigenvalue weighted by Crippen LogP contribution is 2.32. The van der Waals surface area contributed by atoms with Crippen LogP contribution in [0.1, 0.15) is 63.7 Å². The number of benzene rings is 2. The average Bonchev–Trinajstić information content (AvgIpc) is 3.57. The summed E-state index contributed by atoms with van der Waals surface area (Å²) in [6, 6.07) is 13.6. The van der Waals surface area contributed by atoms with Crippen molar-refractivity contribution in [3.05, 3.63) is 70.4 Å². The predicted molar refractivity (Wildman–Crippen MR) is 123 cm³/mol. The van der Waals surface area contributed by atoms with Crippen LogP contribution in [0.15, 0.2) is 42.5 Å². The lowest BCUT2D eigenvalue weighted by Crippen LogP contribution is -2.26. The minimum Gasteiger partial charge on any atom is -0.349 e. The van der Waals surface area contributed by atoms with Gasteiger partial charge in [0.1, 0.15) is 0 Å². The van der Waals surface area contributed by atoms with Crippen molar-refractivity contribution >= 4 is 28.4 Å². The average molecular weight is 414 g/mol. The molecule has 5 heteroatoms. The molecule has 2 N–H and O–H groups in total. The highest BCUT2D eigenvalue weighted by molar-refractivity contribution is 6.14. The van der Waals surface area contributed by atoms with E-state index in [2.05, 4.69) is 17.6 Å². The van der Waals surface area contributed by atoms with Crippen molar-refractivity contribution in [3.8, 4) is 0 Å². The van der Waals surface area contributed by atoms with E-state index in [1.807, 2.05) is 43.3 Å². The number of nitrogens with one attached hydrogen (secondary N) is 2. The maximum atomic E-state index is 13.6. The zero-order chi connectivity index (χ0) is 21.5. The fourth-order valence-corrected chi connectivity index (χ4v) is 4.40. The molecule has 2 amide bonds. The minimum absolute atomic E-state index is 0.0847. The summed E-state index contributed by atoms with van der Waals surface area (Å²) in [6.07, 6.45) is 4.94. The van der Waals surface area contributed by atoms with Crippen molar-refractivity contribution < 1.29 is 9.59 Å². The van der Waals surface area contributed by atoms with E-state index in [0.717, 1.165) is 65.4 Å². The lowest BCUT2D eigenvalue weighted by molar-refractivity contribution is 0.0949. The van der Waals surface area contributed by atoms with E-state index in [1.54, 1.807) is 6.07 Å². The number of rotatable bonds is 4. The number of carbonyl (C=O) groups excluding carboxylic acids is 2. The Balaban J connectivity index is 1.52. The summed E-state index contributed by atoms with van der Waals surface area (Å²) >= 11 is 0. The van der Waals surface area contributed by atoms with Crippen molar-refractivity contribution in [1.29, 1.82) is 0 Å². The second-order valence-corrected chi connectivity index (χ2v) is 9.01. The molecule has 3 aromatic rings. The molecule has 0 saturated heterocycles. The van der Waals surface area contributed by atoms with E-state index in [4.69, 9.17) is 4.98 Å². The molecule has 1 aromatic heterocycles. The number of aryl methyl sites for hydroxylation is 2. The molecule has 0 spiro atoms. The third-order valence-electron chi connectivity index (χ3n) is 6.39. The number of carbonyl (C=O) groups is 2. The number of nitrogens with zero attached hydrogens (tertiary/aromatic N) is 1. The molecule has 1 atom stereocenters. The molecular weight excluding hydrogens is 386 g/mol. The quantitative estimate of drug-likeness (QED) is 0.645. The summed E-state index contributed by atoms with van der Waals surface area (Å²) in [5, 5.41) is 7.00. The van der Waals surface area contributed by atoms with Gasteiger partial charge in [0.15, 0.2) is 0 Å². The first-order valence-corrected chi connectivity index (χ1v) is 11.1. The zero-order valence-electron chi connectivity index (χ0n) is 18.0. The number of para-hydroxylation sites is 1. The van der Waals surface area contributed by atoms with Gasteiger partial charge in [0.25, 0.3) is 11.8 Å². The topological polar surface area (TPSA) is 71.1 Å². The van der Waals surface area contributed by atoms with Gasteiger partial charge >= 0.3 is 0 Å². The number of amides is 2. The van der Waals surface area contributed by atoms with Crippen LogP contribution in [-0.4, -0.2) is 22.8 Å². The van der Waals surface area contributed by atoms with Crippen molar-refractivity contribution in [2.75, 3.05) is 5.32 Å². The lowest BCUT2D eigenvalue weighted by Gasteiger charge is -2.24. The van der Waals surface area contributed by atoms with Crippen LogP contribution in [0.4, 0.5) is 5.69 Å². The highest BCUT2D eigenvalue weighted by Gasteiger charge is 2.26. The van der Waals surface area contributed by atoms with E-state index in [9.17, 15) is 9.59 Å². The normalized spacial score (nSPS) is 17.8. The molecule has 1 fully saturated rings. The summed E-state index contributed by atoms with van der Waals surface area (Å²) in [5.41, 5.74) is 5.85. The number of hydrogen-bond donors (Lipinski definition) is 2. The SMILES string of the molecule is Cc1ccc(C(=O)NC2CC2)cc1NC(=O)c1c2c(nc3ccccc13)CCC(C)C2. The Morgan fingerprint density at radius 1 is 1.03 bits per heavy atom. The smallest absolute Gasteiger partial charge is 0.256 e. The van der Waals surface area contributed by atoms with Gasteiger partial charge in [-0.2, -0.15) is 0 Å². The van der Waals surface area contributed by atoms with E-state index < -0.39 is 0 Å². The molecule has 2 aliphatic carbocycles. The predicted octanol–water partition coefficient (Wildman–Crippen LogP) is 4.81. The third kappa shape index (κ3) is 3.92. The first-order valence-electron chi connectivity index (χ1n) is 11.1. The fourth-order valence-electron chi connectivity index (χ4n) is 4.40. The first-order chi connectivity index (χ1) is 15.0. The summed E-state index contributed by atoms with van der Waals surface area (Å²) < 4.78 is 0. The molecule has 0 bridgehead atoms. The molecule has 1 saturated carbocycles. The molecule has 31 heavy (non-hydrogen) atoms. The second kappa shape index (κ2) is 7.80. The van der Waals surface area contributed by atoms with Crippen LogP contribution in [0, 0.1) is 12.8 Å². The van der Waals surface area contributed by atoms with Gasteiger partial charge in [-0.15, -0.1) is 0 Å². The van der Waals surface area contributed by atoms with Crippen molar-refractivity contribution in [1.82, 2.24) is 10.3 Å². The molecular formula is C26H27N3O2. The molecule has 5 nitrogen and oxygen atoms in total. The lowest BCUT2D eigenvalue weighted by atomic mass is 9.84. The Bertz CT molecular complexity index is 1200. The van der Waals surface area contributed by atoms with Crippen molar-refractivity contribution in [2.45, 2.75) is 52.0 Å². The Hall–Kier alpha value is -3.21. The number of aromatic nitrogens is 1. The van der Waals surface area contributed by atoms with Crippen LogP contribution in [0.3, 0.4) is 0 Å². The van der Waals surface area contributed by atoms with Gasteiger partial charge in [0.2, 0.25) is 0 Å². The summed E-state index contributed by atoms with van der Waals surface area (Å²) in [5.74, 6) is 0.309. The van der Waals surface area contributed by atoms with Crippen LogP contribution in [0.2, 0.25) is 0 Å². The van der Waals surface area contributed by atoms with Crippen molar-refractivity contribution in [3.63, 3.8) is 0 Å². The Kier molecular flexibility index (Phi) is 4.97. The van der Waals surface area contributed by atoms with Gasteiger partial charge in [0.05, 0.1) is 11.1 Å². The molecule has 0 aliphatic heterocycles. The molecule has 2 aromatic carbocycles. The molecule has 158 valence electrons. The summed E-state index contributed by atoms with van der Waals surface area (Å²) in [7, 11) is 0. The maximum Gasteiger partial charge on any atom is 0.256 e. The summed E-state index contributed by atoms with van der Waals surface area (Å²) in [4.78, 5) is 30.9. The fraction of sp³-hybridized carbons (Fsp3) is 0.346. The Morgan fingerprint density at radius 3 is 2.65 bits per heavy atom. The zero-order valence-corrected chi connectivity index (χ0v) is 18.0. The molecule has 2 aliphatic rings. The van der Waals surface area contributed by atoms with Crippen molar-refractivity contribution in [2.24, 2.45) is 5.92 Å². The largest absolute Gasteiger partial charge is 0.349 e. The van der Waals surface area contributed by atoms with Gasteiger partial charge in [-0.05, 0) is 74.3 Å². The number of hydrogen-bond acceptors (Lipinski definition) is 3. The van der Waals surface area contributed by atoms with Crippen LogP contribution in [0.25, 0.3) is 10.9 Å². The number of anilines is 1. The monoisotopic (exact) mass is 413 g/mol.